The summed E-state index contributed by atoms with van der Waals surface area (Å²) in [5.74, 6) is 0. The van der Waals surface area contributed by atoms with Crippen molar-refractivity contribution in [2.75, 3.05) is 0 Å². The lowest BCUT2D eigenvalue weighted by Gasteiger charge is -2.03. The van der Waals surface area contributed by atoms with Gasteiger partial charge in [0.15, 0.2) is 0 Å². The highest BCUT2D eigenvalue weighted by Gasteiger charge is 1.99. The minimum atomic E-state index is -0.0391. The molecule has 0 aromatic carbocycles. The summed E-state index contributed by atoms with van der Waals surface area (Å²) in [5, 5.41) is 8.70. The quantitative estimate of drug-likeness (QED) is 0.652. The van der Waals surface area contributed by atoms with Gasteiger partial charge in [0, 0.05) is 12.2 Å². The smallest absolute Gasteiger partial charge is 0.0696 e. The fourth-order valence-corrected chi connectivity index (χ4v) is 0.799. The maximum absolute atomic E-state index is 8.70. The van der Waals surface area contributed by atoms with Crippen molar-refractivity contribution in [3.8, 4) is 0 Å². The van der Waals surface area contributed by atoms with Crippen molar-refractivity contribution in [3.05, 3.63) is 29.6 Å². The summed E-state index contributed by atoms with van der Waals surface area (Å²) in [4.78, 5) is 4.06. The third-order valence-corrected chi connectivity index (χ3v) is 1.50. The van der Waals surface area contributed by atoms with Crippen molar-refractivity contribution in [2.45, 2.75) is 19.6 Å². The minimum Gasteiger partial charge on any atom is -0.392 e. The maximum Gasteiger partial charge on any atom is 0.0696 e. The minimum absolute atomic E-state index is 0.0340. The highest BCUT2D eigenvalue weighted by Crippen LogP contribution is 2.06. The van der Waals surface area contributed by atoms with Gasteiger partial charge in [0.05, 0.1) is 12.3 Å². The van der Waals surface area contributed by atoms with Crippen LogP contribution in [0, 0.1) is 0 Å². The van der Waals surface area contributed by atoms with Crippen molar-refractivity contribution in [1.82, 2.24) is 4.98 Å². The Morgan fingerprint density at radius 3 is 2.73 bits per heavy atom. The SMILES string of the molecule is C[C@H](N)c1ccc(CO)cn1. The first kappa shape index (κ1) is 8.17. The Kier molecular flexibility index (Phi) is 2.57. The zero-order chi connectivity index (χ0) is 8.27. The molecule has 0 aliphatic carbocycles. The molecule has 1 aromatic heterocycles. The normalized spacial score (nSPS) is 13.0. The molecule has 0 aliphatic rings. The van der Waals surface area contributed by atoms with Crippen LogP contribution in [0.3, 0.4) is 0 Å². The highest BCUT2D eigenvalue weighted by molar-refractivity contribution is 5.14. The molecular weight excluding hydrogens is 140 g/mol. The van der Waals surface area contributed by atoms with E-state index in [-0.39, 0.29) is 12.6 Å². The molecule has 0 radical (unpaired) electrons. The van der Waals surface area contributed by atoms with Crippen LogP contribution >= 0.6 is 0 Å². The Morgan fingerprint density at radius 2 is 2.36 bits per heavy atom. The zero-order valence-corrected chi connectivity index (χ0v) is 6.49. The van der Waals surface area contributed by atoms with Crippen LogP contribution in [0.15, 0.2) is 18.3 Å². The molecular formula is C8H12N2O. The van der Waals surface area contributed by atoms with E-state index in [9.17, 15) is 0 Å². The molecule has 0 unspecified atom stereocenters. The van der Waals surface area contributed by atoms with E-state index >= 15 is 0 Å². The fourth-order valence-electron chi connectivity index (χ4n) is 0.799. The van der Waals surface area contributed by atoms with Crippen LogP contribution in [-0.2, 0) is 6.61 Å². The summed E-state index contributed by atoms with van der Waals surface area (Å²) in [7, 11) is 0. The first-order valence-corrected chi connectivity index (χ1v) is 3.55. The van der Waals surface area contributed by atoms with Gasteiger partial charge in [0.25, 0.3) is 0 Å². The van der Waals surface area contributed by atoms with Gasteiger partial charge in [0.1, 0.15) is 0 Å². The lowest BCUT2D eigenvalue weighted by Crippen LogP contribution is -2.07. The molecule has 1 aromatic rings. The van der Waals surface area contributed by atoms with E-state index in [0.717, 1.165) is 11.3 Å². The van der Waals surface area contributed by atoms with Crippen molar-refractivity contribution in [2.24, 2.45) is 5.73 Å². The predicted molar refractivity (Wildman–Crippen MR) is 42.8 cm³/mol. The number of hydrogen-bond acceptors (Lipinski definition) is 3. The summed E-state index contributed by atoms with van der Waals surface area (Å²) >= 11 is 0. The number of nitrogens with two attached hydrogens (primary N) is 1. The third-order valence-electron chi connectivity index (χ3n) is 1.50. The van der Waals surface area contributed by atoms with Crippen LogP contribution in [-0.4, -0.2) is 10.1 Å². The largest absolute Gasteiger partial charge is 0.392 e. The second-order valence-electron chi connectivity index (χ2n) is 2.54. The molecule has 1 atom stereocenters. The Hall–Kier alpha value is -0.930. The fraction of sp³-hybridized carbons (Fsp3) is 0.375. The van der Waals surface area contributed by atoms with Gasteiger partial charge in [-0.1, -0.05) is 6.07 Å². The number of nitrogens with zero attached hydrogens (tertiary/aromatic N) is 1. The molecule has 11 heavy (non-hydrogen) atoms. The monoisotopic (exact) mass is 152 g/mol. The summed E-state index contributed by atoms with van der Waals surface area (Å²) in [6, 6.07) is 3.62. The van der Waals surface area contributed by atoms with Crippen molar-refractivity contribution in [1.29, 1.82) is 0 Å². The summed E-state index contributed by atoms with van der Waals surface area (Å²) in [6.45, 7) is 1.91. The maximum atomic E-state index is 8.70. The molecule has 0 fully saturated rings. The lowest BCUT2D eigenvalue weighted by molar-refractivity contribution is 0.281. The van der Waals surface area contributed by atoms with E-state index in [2.05, 4.69) is 4.98 Å². The van der Waals surface area contributed by atoms with Crippen LogP contribution < -0.4 is 5.73 Å². The van der Waals surface area contributed by atoms with Gasteiger partial charge < -0.3 is 10.8 Å². The summed E-state index contributed by atoms with van der Waals surface area (Å²) < 4.78 is 0. The second-order valence-corrected chi connectivity index (χ2v) is 2.54. The topological polar surface area (TPSA) is 59.1 Å². The lowest BCUT2D eigenvalue weighted by atomic mass is 10.2. The standard InChI is InChI=1S/C8H12N2O/c1-6(9)8-3-2-7(5-11)4-10-8/h2-4,6,11H,5,9H2,1H3/t6-/m0/s1. The number of rotatable bonds is 2. The molecule has 0 saturated carbocycles. The molecule has 0 spiro atoms. The van der Waals surface area contributed by atoms with Crippen LogP contribution in [0.5, 0.6) is 0 Å². The predicted octanol–water partition coefficient (Wildman–Crippen LogP) is 0.594. The van der Waals surface area contributed by atoms with Gasteiger partial charge >= 0.3 is 0 Å². The van der Waals surface area contributed by atoms with E-state index in [1.807, 2.05) is 19.1 Å². The molecule has 3 nitrogen and oxygen atoms in total. The average molecular weight is 152 g/mol. The van der Waals surface area contributed by atoms with E-state index in [4.69, 9.17) is 10.8 Å². The van der Waals surface area contributed by atoms with Crippen LogP contribution in [0.1, 0.15) is 24.2 Å². The van der Waals surface area contributed by atoms with Crippen LogP contribution in [0.4, 0.5) is 0 Å². The van der Waals surface area contributed by atoms with Gasteiger partial charge in [0.2, 0.25) is 0 Å². The van der Waals surface area contributed by atoms with Gasteiger partial charge in [-0.2, -0.15) is 0 Å². The number of aromatic nitrogens is 1. The number of aliphatic hydroxyl groups is 1. The number of pyridine rings is 1. The van der Waals surface area contributed by atoms with Gasteiger partial charge in [-0.15, -0.1) is 0 Å². The van der Waals surface area contributed by atoms with E-state index < -0.39 is 0 Å². The summed E-state index contributed by atoms with van der Waals surface area (Å²) in [6.07, 6.45) is 1.64. The Balaban J connectivity index is 2.83. The van der Waals surface area contributed by atoms with Crippen molar-refractivity contribution in [3.63, 3.8) is 0 Å². The molecule has 3 N–H and O–H groups in total. The Morgan fingerprint density at radius 1 is 1.64 bits per heavy atom. The second kappa shape index (κ2) is 3.46. The summed E-state index contributed by atoms with van der Waals surface area (Å²) in [5.41, 5.74) is 7.24. The molecule has 3 heteroatoms. The van der Waals surface area contributed by atoms with Gasteiger partial charge in [-0.3, -0.25) is 4.98 Å². The van der Waals surface area contributed by atoms with E-state index in [1.54, 1.807) is 6.20 Å². The van der Waals surface area contributed by atoms with E-state index in [1.165, 1.54) is 0 Å². The van der Waals surface area contributed by atoms with Crippen molar-refractivity contribution < 1.29 is 5.11 Å². The van der Waals surface area contributed by atoms with Gasteiger partial charge in [-0.05, 0) is 18.6 Å². The molecule has 0 amide bonds. The molecule has 0 bridgehead atoms. The molecule has 0 aliphatic heterocycles. The molecule has 1 rings (SSSR count). The Labute approximate surface area is 65.9 Å². The number of aliphatic hydroxyl groups excluding tert-OH is 1. The van der Waals surface area contributed by atoms with Crippen LogP contribution in [0.2, 0.25) is 0 Å². The average Bonchev–Trinajstić information content (AvgIpc) is 2.05. The number of hydrogen-bond donors (Lipinski definition) is 2. The molecule has 0 saturated heterocycles. The first-order valence-electron chi connectivity index (χ1n) is 3.55. The van der Waals surface area contributed by atoms with E-state index in [0.29, 0.717) is 0 Å². The van der Waals surface area contributed by atoms with Crippen molar-refractivity contribution >= 4 is 0 Å². The Bertz CT molecular complexity index is 218. The first-order chi connectivity index (χ1) is 5.24. The van der Waals surface area contributed by atoms with Gasteiger partial charge in [-0.25, -0.2) is 0 Å². The molecule has 60 valence electrons. The highest BCUT2D eigenvalue weighted by atomic mass is 16.3. The third kappa shape index (κ3) is 2.00. The molecule has 1 heterocycles. The van der Waals surface area contributed by atoms with Crippen LogP contribution in [0.25, 0.3) is 0 Å². The zero-order valence-electron chi connectivity index (χ0n) is 6.49.